The van der Waals surface area contributed by atoms with E-state index in [0.29, 0.717) is 17.5 Å². The van der Waals surface area contributed by atoms with Gasteiger partial charge in [0.2, 0.25) is 0 Å². The van der Waals surface area contributed by atoms with Gasteiger partial charge in [-0.2, -0.15) is 0 Å². The summed E-state index contributed by atoms with van der Waals surface area (Å²) in [5.41, 5.74) is 0.778. The average Bonchev–Trinajstić information content (AvgIpc) is 2.61. The molecule has 6 nitrogen and oxygen atoms in total. The molecular formula is C10H11ClN4O2. The topological polar surface area (TPSA) is 71.3 Å². The lowest BCUT2D eigenvalue weighted by Crippen LogP contribution is -2.27. The fourth-order valence-electron chi connectivity index (χ4n) is 1.78. The van der Waals surface area contributed by atoms with E-state index >= 15 is 0 Å². The summed E-state index contributed by atoms with van der Waals surface area (Å²) in [6, 6.07) is 3.57. The fourth-order valence-corrected chi connectivity index (χ4v) is 1.89. The summed E-state index contributed by atoms with van der Waals surface area (Å²) in [4.78, 5) is 15.8. The molecule has 1 atom stereocenters. The Balaban J connectivity index is 2.34. The summed E-state index contributed by atoms with van der Waals surface area (Å²) in [6.45, 7) is 2.63. The summed E-state index contributed by atoms with van der Waals surface area (Å²) in [5, 5.41) is 13.9. The van der Waals surface area contributed by atoms with Crippen LogP contribution in [0.25, 0.3) is 0 Å². The Morgan fingerprint density at radius 3 is 3.06 bits per heavy atom. The molecule has 0 radical (unpaired) electrons. The second kappa shape index (κ2) is 4.58. The van der Waals surface area contributed by atoms with Gasteiger partial charge in [-0.3, -0.25) is 10.1 Å². The summed E-state index contributed by atoms with van der Waals surface area (Å²) < 4.78 is 0. The number of nitrogens with zero attached hydrogens (tertiary/aromatic N) is 3. The second-order valence-corrected chi connectivity index (χ2v) is 4.13. The van der Waals surface area contributed by atoms with Crippen LogP contribution in [-0.2, 0) is 0 Å². The molecule has 0 spiro atoms. The largest absolute Gasteiger partial charge is 0.364 e. The van der Waals surface area contributed by atoms with Crippen LogP contribution in [0.4, 0.5) is 5.69 Å². The van der Waals surface area contributed by atoms with Crippen molar-refractivity contribution in [2.24, 2.45) is 0 Å². The maximum absolute atomic E-state index is 10.5. The SMILES string of the molecule is C[C@H]1CN/C(=C\[N+](=O)[O-])N1c1ccc(Cl)nc1. The van der Waals surface area contributed by atoms with Crippen LogP contribution in [0.3, 0.4) is 0 Å². The van der Waals surface area contributed by atoms with Crippen molar-refractivity contribution in [3.63, 3.8) is 0 Å². The highest BCUT2D eigenvalue weighted by Crippen LogP contribution is 2.24. The van der Waals surface area contributed by atoms with Gasteiger partial charge in [0.05, 0.1) is 22.8 Å². The minimum Gasteiger partial charge on any atom is -0.364 e. The first-order valence-corrected chi connectivity index (χ1v) is 5.45. The molecule has 1 N–H and O–H groups in total. The number of rotatable bonds is 2. The van der Waals surface area contributed by atoms with E-state index in [1.807, 2.05) is 11.8 Å². The molecule has 0 bridgehead atoms. The molecule has 2 rings (SSSR count). The third-order valence-corrected chi connectivity index (χ3v) is 2.72. The van der Waals surface area contributed by atoms with Gasteiger partial charge in [-0.1, -0.05) is 11.6 Å². The second-order valence-electron chi connectivity index (χ2n) is 3.74. The van der Waals surface area contributed by atoms with Crippen LogP contribution in [0.2, 0.25) is 5.15 Å². The predicted octanol–water partition coefficient (Wildman–Crippen LogP) is 1.61. The van der Waals surface area contributed by atoms with Gasteiger partial charge in [0.15, 0.2) is 5.82 Å². The zero-order chi connectivity index (χ0) is 12.4. The van der Waals surface area contributed by atoms with Gasteiger partial charge in [0.1, 0.15) is 5.15 Å². The molecule has 0 saturated carbocycles. The standard InChI is InChI=1S/C10H11ClN4O2/c1-7-4-13-10(6-14(16)17)15(7)8-2-3-9(11)12-5-8/h2-3,5-7,13H,4H2,1H3/b10-6+/t7-/m0/s1. The van der Waals surface area contributed by atoms with Crippen molar-refractivity contribution in [2.45, 2.75) is 13.0 Å². The van der Waals surface area contributed by atoms with E-state index in [4.69, 9.17) is 11.6 Å². The van der Waals surface area contributed by atoms with Crippen molar-refractivity contribution in [1.82, 2.24) is 10.3 Å². The Bertz CT molecular complexity index is 460. The monoisotopic (exact) mass is 254 g/mol. The average molecular weight is 255 g/mol. The summed E-state index contributed by atoms with van der Waals surface area (Å²) in [7, 11) is 0. The maximum atomic E-state index is 10.5. The number of pyridine rings is 1. The number of hydrogen-bond acceptors (Lipinski definition) is 5. The van der Waals surface area contributed by atoms with Crippen LogP contribution < -0.4 is 10.2 Å². The van der Waals surface area contributed by atoms with E-state index in [-0.39, 0.29) is 6.04 Å². The number of nitro groups is 1. The highest BCUT2D eigenvalue weighted by Gasteiger charge is 2.27. The van der Waals surface area contributed by atoms with Gasteiger partial charge in [-0.15, -0.1) is 0 Å². The van der Waals surface area contributed by atoms with E-state index in [0.717, 1.165) is 11.9 Å². The lowest BCUT2D eigenvalue weighted by Gasteiger charge is -2.21. The van der Waals surface area contributed by atoms with Crippen LogP contribution in [0.15, 0.2) is 30.4 Å². The molecule has 7 heteroatoms. The molecule has 0 amide bonds. The van der Waals surface area contributed by atoms with Gasteiger partial charge in [0, 0.05) is 6.54 Å². The Morgan fingerprint density at radius 2 is 2.47 bits per heavy atom. The first-order valence-electron chi connectivity index (χ1n) is 5.08. The van der Waals surface area contributed by atoms with Crippen molar-refractivity contribution in [3.8, 4) is 0 Å². The molecule has 1 fully saturated rings. The van der Waals surface area contributed by atoms with Gasteiger partial charge in [-0.05, 0) is 19.1 Å². The van der Waals surface area contributed by atoms with Gasteiger partial charge < -0.3 is 10.2 Å². The van der Waals surface area contributed by atoms with Gasteiger partial charge in [0.25, 0.3) is 6.20 Å². The Hall–Kier alpha value is -1.82. The first-order chi connectivity index (χ1) is 8.08. The molecule has 0 aliphatic carbocycles. The van der Waals surface area contributed by atoms with Gasteiger partial charge >= 0.3 is 0 Å². The molecule has 1 aliphatic rings. The molecule has 1 aliphatic heterocycles. The Morgan fingerprint density at radius 1 is 1.71 bits per heavy atom. The third-order valence-electron chi connectivity index (χ3n) is 2.50. The van der Waals surface area contributed by atoms with E-state index in [2.05, 4.69) is 10.3 Å². The zero-order valence-corrected chi connectivity index (χ0v) is 9.89. The normalized spacial score (nSPS) is 21.6. The first kappa shape index (κ1) is 11.7. The maximum Gasteiger partial charge on any atom is 0.274 e. The molecule has 1 aromatic heterocycles. The lowest BCUT2D eigenvalue weighted by molar-refractivity contribution is -0.403. The zero-order valence-electron chi connectivity index (χ0n) is 9.13. The highest BCUT2D eigenvalue weighted by molar-refractivity contribution is 6.29. The van der Waals surface area contributed by atoms with Crippen LogP contribution in [0, 0.1) is 10.1 Å². The number of hydrogen-bond donors (Lipinski definition) is 1. The van der Waals surface area contributed by atoms with Crippen molar-refractivity contribution < 1.29 is 4.92 Å². The molecular weight excluding hydrogens is 244 g/mol. The van der Waals surface area contributed by atoms with Gasteiger partial charge in [-0.25, -0.2) is 4.98 Å². The molecule has 1 saturated heterocycles. The van der Waals surface area contributed by atoms with Crippen molar-refractivity contribution >= 4 is 17.3 Å². The number of halogens is 1. The minimum atomic E-state index is -0.475. The van der Waals surface area contributed by atoms with Crippen molar-refractivity contribution in [3.05, 3.63) is 45.6 Å². The molecule has 0 aromatic carbocycles. The van der Waals surface area contributed by atoms with E-state index < -0.39 is 4.92 Å². The molecule has 0 unspecified atom stereocenters. The molecule has 2 heterocycles. The smallest absolute Gasteiger partial charge is 0.274 e. The summed E-state index contributed by atoms with van der Waals surface area (Å²) in [6.07, 6.45) is 2.55. The van der Waals surface area contributed by atoms with Crippen LogP contribution in [-0.4, -0.2) is 22.5 Å². The minimum absolute atomic E-state index is 0.129. The lowest BCUT2D eigenvalue weighted by atomic mass is 10.3. The molecule has 90 valence electrons. The predicted molar refractivity (Wildman–Crippen MR) is 64.3 cm³/mol. The number of anilines is 1. The number of aromatic nitrogens is 1. The molecule has 17 heavy (non-hydrogen) atoms. The van der Waals surface area contributed by atoms with E-state index in [1.165, 1.54) is 0 Å². The van der Waals surface area contributed by atoms with Crippen LogP contribution in [0.5, 0.6) is 0 Å². The van der Waals surface area contributed by atoms with E-state index in [1.54, 1.807) is 18.3 Å². The van der Waals surface area contributed by atoms with Crippen molar-refractivity contribution in [1.29, 1.82) is 0 Å². The van der Waals surface area contributed by atoms with Crippen LogP contribution in [0.1, 0.15) is 6.92 Å². The summed E-state index contributed by atoms with van der Waals surface area (Å²) in [5.74, 6) is 0.464. The Labute approximate surface area is 103 Å². The van der Waals surface area contributed by atoms with Crippen molar-refractivity contribution in [2.75, 3.05) is 11.4 Å². The molecule has 1 aromatic rings. The number of nitrogens with one attached hydrogen (secondary N) is 1. The third kappa shape index (κ3) is 2.47. The Kier molecular flexibility index (Phi) is 3.14. The quantitative estimate of drug-likeness (QED) is 0.493. The fraction of sp³-hybridized carbons (Fsp3) is 0.300. The van der Waals surface area contributed by atoms with Crippen LogP contribution >= 0.6 is 11.6 Å². The summed E-state index contributed by atoms with van der Waals surface area (Å²) >= 11 is 5.71. The van der Waals surface area contributed by atoms with E-state index in [9.17, 15) is 10.1 Å². The highest BCUT2D eigenvalue weighted by atomic mass is 35.5.